The van der Waals surface area contributed by atoms with Crippen LogP contribution in [0.5, 0.6) is 11.6 Å². The van der Waals surface area contributed by atoms with Gasteiger partial charge in [0.2, 0.25) is 5.88 Å². The molecule has 5 aromatic rings. The molecule has 10 heteroatoms. The normalized spacial score (nSPS) is 11.1. The zero-order valence-electron chi connectivity index (χ0n) is 20.9. The smallest absolute Gasteiger partial charge is 0.335 e. The third-order valence-corrected chi connectivity index (χ3v) is 6.56. The minimum atomic E-state index is -1.08. The number of nitrogens with zero attached hydrogens (tertiary/aromatic N) is 3. The number of hydrogen-bond acceptors (Lipinski definition) is 5. The summed E-state index contributed by atoms with van der Waals surface area (Å²) in [5.74, 6) is -0.873. The van der Waals surface area contributed by atoms with Gasteiger partial charge in [-0.1, -0.05) is 35.9 Å². The Kier molecular flexibility index (Phi) is 7.17. The molecule has 5 rings (SSSR count). The van der Waals surface area contributed by atoms with Crippen LogP contribution in [0.15, 0.2) is 66.7 Å². The maximum atomic E-state index is 15.2. The van der Waals surface area contributed by atoms with E-state index in [-0.39, 0.29) is 24.5 Å². The largest absolute Gasteiger partial charge is 0.494 e. The van der Waals surface area contributed by atoms with Gasteiger partial charge in [-0.3, -0.25) is 0 Å². The molecule has 0 atom stereocenters. The Labute approximate surface area is 227 Å². The first-order chi connectivity index (χ1) is 18.7. The van der Waals surface area contributed by atoms with Gasteiger partial charge in [0.1, 0.15) is 35.3 Å². The van der Waals surface area contributed by atoms with Gasteiger partial charge in [0.05, 0.1) is 23.9 Å². The van der Waals surface area contributed by atoms with Crippen LogP contribution in [-0.4, -0.2) is 32.7 Å². The molecular formula is C29H22ClF2N3O4. The molecule has 1 N–H and O–H groups in total. The van der Waals surface area contributed by atoms with Crippen molar-refractivity contribution in [2.45, 2.75) is 13.0 Å². The Morgan fingerprint density at radius 3 is 2.49 bits per heavy atom. The Balaban J connectivity index is 1.37. The molecule has 7 nitrogen and oxygen atoms in total. The van der Waals surface area contributed by atoms with E-state index in [4.69, 9.17) is 21.1 Å². The van der Waals surface area contributed by atoms with E-state index in [1.165, 1.54) is 31.4 Å². The summed E-state index contributed by atoms with van der Waals surface area (Å²) < 4.78 is 42.0. The average molecular weight is 550 g/mol. The molecule has 2 heterocycles. The van der Waals surface area contributed by atoms with E-state index in [1.54, 1.807) is 54.1 Å². The number of ether oxygens (including phenoxy) is 2. The predicted octanol–water partition coefficient (Wildman–Crippen LogP) is 6.44. The number of aryl methyl sites for hydroxylation is 1. The van der Waals surface area contributed by atoms with E-state index < -0.39 is 17.6 Å². The fourth-order valence-corrected chi connectivity index (χ4v) is 4.37. The van der Waals surface area contributed by atoms with Crippen LogP contribution in [0.3, 0.4) is 0 Å². The number of hydrogen-bond donors (Lipinski definition) is 1. The monoisotopic (exact) mass is 549 g/mol. The first-order valence-corrected chi connectivity index (χ1v) is 12.2. The van der Waals surface area contributed by atoms with Crippen LogP contribution in [0.4, 0.5) is 8.78 Å². The number of halogens is 3. The van der Waals surface area contributed by atoms with Crippen molar-refractivity contribution in [3.63, 3.8) is 0 Å². The lowest BCUT2D eigenvalue weighted by Gasteiger charge is -2.10. The zero-order chi connectivity index (χ0) is 27.7. The van der Waals surface area contributed by atoms with E-state index in [1.807, 2.05) is 0 Å². The molecule has 0 saturated heterocycles. The van der Waals surface area contributed by atoms with Gasteiger partial charge in [-0.2, -0.15) is 0 Å². The summed E-state index contributed by atoms with van der Waals surface area (Å²) in [6.07, 6.45) is 0.173. The quantitative estimate of drug-likeness (QED) is 0.239. The molecular weight excluding hydrogens is 528 g/mol. The number of imidazole rings is 1. The Hall–Kier alpha value is -4.50. The fraction of sp³-hybridized carbons (Fsp3) is 0.138. The molecule has 0 aliphatic heterocycles. The molecule has 3 aromatic carbocycles. The third kappa shape index (κ3) is 5.39. The van der Waals surface area contributed by atoms with Gasteiger partial charge in [-0.15, -0.1) is 0 Å². The first kappa shape index (κ1) is 26.1. The van der Waals surface area contributed by atoms with Crippen LogP contribution in [0.25, 0.3) is 22.3 Å². The van der Waals surface area contributed by atoms with Gasteiger partial charge in [-0.25, -0.2) is 23.5 Å². The van der Waals surface area contributed by atoms with Crippen LogP contribution < -0.4 is 9.47 Å². The van der Waals surface area contributed by atoms with Crippen LogP contribution in [0.2, 0.25) is 5.02 Å². The minimum absolute atomic E-state index is 0.0382. The standard InChI is InChI=1S/C29H22ClF2N3O4/c1-35-24-11-19(29(36)37)12-25(38-2)28(24)34-26(35)13-16-6-7-17(10-21(16)31)23-4-3-5-27(33-23)39-15-18-8-9-20(30)14-22(18)32/h3-12,14H,13,15H2,1-2H3,(H,36,37). The van der Waals surface area contributed by atoms with Crippen LogP contribution in [0, 0.1) is 11.6 Å². The summed E-state index contributed by atoms with van der Waals surface area (Å²) in [6, 6.07) is 17.1. The van der Waals surface area contributed by atoms with Gasteiger partial charge in [0.25, 0.3) is 0 Å². The summed E-state index contributed by atoms with van der Waals surface area (Å²) in [6.45, 7) is -0.0382. The van der Waals surface area contributed by atoms with Crippen molar-refractivity contribution in [2.24, 2.45) is 7.05 Å². The van der Waals surface area contributed by atoms with Crippen molar-refractivity contribution < 1.29 is 28.2 Å². The summed E-state index contributed by atoms with van der Waals surface area (Å²) in [4.78, 5) is 20.5. The molecule has 0 radical (unpaired) electrons. The molecule has 0 amide bonds. The number of benzene rings is 3. The van der Waals surface area contributed by atoms with Crippen molar-refractivity contribution in [1.82, 2.24) is 14.5 Å². The minimum Gasteiger partial charge on any atom is -0.494 e. The second kappa shape index (κ2) is 10.7. The Bertz CT molecular complexity index is 1720. The zero-order valence-corrected chi connectivity index (χ0v) is 21.7. The van der Waals surface area contributed by atoms with E-state index in [0.29, 0.717) is 50.0 Å². The number of carbonyl (C=O) groups is 1. The Morgan fingerprint density at radius 1 is 1.00 bits per heavy atom. The molecule has 0 saturated carbocycles. The van der Waals surface area contributed by atoms with Crippen molar-refractivity contribution in [3.8, 4) is 22.9 Å². The fourth-order valence-electron chi connectivity index (χ4n) is 4.21. The van der Waals surface area contributed by atoms with E-state index in [2.05, 4.69) is 9.97 Å². The van der Waals surface area contributed by atoms with Crippen LogP contribution in [0.1, 0.15) is 27.3 Å². The summed E-state index contributed by atoms with van der Waals surface area (Å²) in [7, 11) is 3.19. The van der Waals surface area contributed by atoms with E-state index >= 15 is 4.39 Å². The van der Waals surface area contributed by atoms with Crippen molar-refractivity contribution in [1.29, 1.82) is 0 Å². The summed E-state index contributed by atoms with van der Waals surface area (Å²) >= 11 is 5.79. The lowest BCUT2D eigenvalue weighted by atomic mass is 10.1. The topological polar surface area (TPSA) is 86.5 Å². The highest BCUT2D eigenvalue weighted by Crippen LogP contribution is 2.29. The molecule has 0 fully saturated rings. The van der Waals surface area contributed by atoms with E-state index in [9.17, 15) is 14.3 Å². The summed E-state index contributed by atoms with van der Waals surface area (Å²) in [5, 5.41) is 9.70. The lowest BCUT2D eigenvalue weighted by Crippen LogP contribution is -2.02. The van der Waals surface area contributed by atoms with Crippen LogP contribution in [-0.2, 0) is 20.1 Å². The molecule has 39 heavy (non-hydrogen) atoms. The number of aromatic nitrogens is 3. The van der Waals surface area contributed by atoms with Gasteiger partial charge in [0, 0.05) is 35.7 Å². The third-order valence-electron chi connectivity index (χ3n) is 6.32. The van der Waals surface area contributed by atoms with E-state index in [0.717, 1.165) is 0 Å². The summed E-state index contributed by atoms with van der Waals surface area (Å²) in [5.41, 5.74) is 2.90. The number of carboxylic acids is 1. The maximum Gasteiger partial charge on any atom is 0.335 e. The van der Waals surface area contributed by atoms with Gasteiger partial charge in [-0.05, 0) is 42.0 Å². The number of rotatable bonds is 8. The molecule has 0 aliphatic carbocycles. The molecule has 0 unspecified atom stereocenters. The van der Waals surface area contributed by atoms with Crippen LogP contribution >= 0.6 is 11.6 Å². The van der Waals surface area contributed by atoms with Gasteiger partial charge >= 0.3 is 5.97 Å². The highest BCUT2D eigenvalue weighted by molar-refractivity contribution is 6.30. The van der Waals surface area contributed by atoms with Gasteiger partial charge in [0.15, 0.2) is 0 Å². The number of pyridine rings is 1. The van der Waals surface area contributed by atoms with Crippen molar-refractivity contribution in [3.05, 3.63) is 106 Å². The highest BCUT2D eigenvalue weighted by Gasteiger charge is 2.18. The molecule has 0 bridgehead atoms. The molecule has 0 spiro atoms. The average Bonchev–Trinajstić information content (AvgIpc) is 3.23. The lowest BCUT2D eigenvalue weighted by molar-refractivity contribution is 0.0696. The number of methoxy groups -OCH3 is 1. The van der Waals surface area contributed by atoms with Crippen molar-refractivity contribution >= 4 is 28.6 Å². The second-order valence-corrected chi connectivity index (χ2v) is 9.24. The number of aromatic carboxylic acids is 1. The molecule has 198 valence electrons. The van der Waals surface area contributed by atoms with Crippen molar-refractivity contribution in [2.75, 3.05) is 7.11 Å². The SMILES string of the molecule is COc1cc(C(=O)O)cc2c1nc(Cc1ccc(-c3cccc(OCc4ccc(Cl)cc4F)n3)cc1F)n2C. The highest BCUT2D eigenvalue weighted by atomic mass is 35.5. The second-order valence-electron chi connectivity index (χ2n) is 8.81. The van der Waals surface area contributed by atoms with Gasteiger partial charge < -0.3 is 19.1 Å². The Morgan fingerprint density at radius 2 is 1.77 bits per heavy atom. The predicted molar refractivity (Wildman–Crippen MR) is 142 cm³/mol. The maximum absolute atomic E-state index is 15.2. The number of carboxylic acid groups (broad SMARTS) is 1. The molecule has 0 aliphatic rings. The molecule has 2 aromatic heterocycles. The first-order valence-electron chi connectivity index (χ1n) is 11.8. The number of fused-ring (bicyclic) bond motifs is 1.